The van der Waals surface area contributed by atoms with Gasteiger partial charge in [-0.2, -0.15) is 4.98 Å². The molecule has 34 heavy (non-hydrogen) atoms. The number of nitrogens with zero attached hydrogens (tertiary/aromatic N) is 5. The number of piperazine rings is 1. The van der Waals surface area contributed by atoms with Gasteiger partial charge in [-0.3, -0.25) is 14.2 Å². The molecule has 9 heteroatoms. The first kappa shape index (κ1) is 21.6. The second-order valence-electron chi connectivity index (χ2n) is 8.21. The maximum atomic E-state index is 13.3. The van der Waals surface area contributed by atoms with Gasteiger partial charge < -0.3 is 15.5 Å². The molecule has 8 nitrogen and oxygen atoms in total. The average Bonchev–Trinajstić information content (AvgIpc) is 2.84. The number of aromatic nitrogens is 3. The van der Waals surface area contributed by atoms with Crippen LogP contribution in [0, 0.1) is 12.7 Å². The number of halogens is 1. The predicted octanol–water partition coefficient (Wildman–Crippen LogP) is 2.65. The lowest BCUT2D eigenvalue weighted by atomic mass is 10.2. The highest BCUT2D eigenvalue weighted by Crippen LogP contribution is 2.23. The maximum Gasteiger partial charge on any atom is 0.256 e. The summed E-state index contributed by atoms with van der Waals surface area (Å²) in [5.41, 5.74) is 8.31. The van der Waals surface area contributed by atoms with Crippen LogP contribution in [0.4, 0.5) is 16.0 Å². The number of fused-ring (bicyclic) bond motifs is 1. The Morgan fingerprint density at radius 1 is 0.853 bits per heavy atom. The van der Waals surface area contributed by atoms with Crippen molar-refractivity contribution in [2.45, 2.75) is 6.92 Å². The first-order valence-corrected chi connectivity index (χ1v) is 11.0. The molecule has 3 heterocycles. The zero-order valence-corrected chi connectivity index (χ0v) is 18.6. The molecule has 0 aliphatic carbocycles. The zero-order chi connectivity index (χ0) is 23.8. The van der Waals surface area contributed by atoms with Gasteiger partial charge in [-0.05, 0) is 61.5 Å². The summed E-state index contributed by atoms with van der Waals surface area (Å²) in [7, 11) is 0. The summed E-state index contributed by atoms with van der Waals surface area (Å²) in [5.74, 6) is -0.230. The summed E-state index contributed by atoms with van der Waals surface area (Å²) in [6.07, 6.45) is 0. The second kappa shape index (κ2) is 8.58. The number of carbonyl (C=O) groups excluding carboxylic acids is 1. The van der Waals surface area contributed by atoms with Crippen LogP contribution in [-0.4, -0.2) is 46.6 Å². The Morgan fingerprint density at radius 3 is 2.12 bits per heavy atom. The minimum Gasteiger partial charge on any atom is -0.368 e. The van der Waals surface area contributed by atoms with Crippen LogP contribution in [0.1, 0.15) is 16.1 Å². The molecule has 1 aliphatic rings. The standard InChI is InChI=1S/C25H23FN6O2/c1-16-21-10-11-22(33)32(20-6-2-17(3-7-20)23(27)34)24(21)29-25(28-16)31-14-12-30(13-15-31)19-8-4-18(26)5-9-19/h2-11H,12-15H2,1H3,(H2,27,34). The molecule has 2 aromatic heterocycles. The molecule has 4 aromatic rings. The fraction of sp³-hybridized carbons (Fsp3) is 0.200. The summed E-state index contributed by atoms with van der Waals surface area (Å²) in [5, 5.41) is 0.771. The third-order valence-electron chi connectivity index (χ3n) is 6.09. The number of benzene rings is 2. The van der Waals surface area contributed by atoms with Gasteiger partial charge in [-0.25, -0.2) is 9.37 Å². The van der Waals surface area contributed by atoms with E-state index in [1.165, 1.54) is 22.8 Å². The number of aryl methyl sites for hydroxylation is 1. The van der Waals surface area contributed by atoms with Gasteiger partial charge in [0.05, 0.1) is 11.4 Å². The molecule has 0 unspecified atom stereocenters. The quantitative estimate of drug-likeness (QED) is 0.505. The van der Waals surface area contributed by atoms with Crippen molar-refractivity contribution in [2.24, 2.45) is 5.73 Å². The van der Waals surface area contributed by atoms with Crippen LogP contribution in [0.2, 0.25) is 0 Å². The number of rotatable bonds is 4. The number of anilines is 2. The van der Waals surface area contributed by atoms with Crippen molar-refractivity contribution in [1.82, 2.24) is 14.5 Å². The third-order valence-corrected chi connectivity index (χ3v) is 6.09. The topological polar surface area (TPSA) is 97.3 Å². The van der Waals surface area contributed by atoms with Crippen LogP contribution in [0.15, 0.2) is 65.5 Å². The van der Waals surface area contributed by atoms with Crippen molar-refractivity contribution in [2.75, 3.05) is 36.0 Å². The summed E-state index contributed by atoms with van der Waals surface area (Å²) in [6, 6.07) is 16.3. The molecule has 0 atom stereocenters. The van der Waals surface area contributed by atoms with E-state index < -0.39 is 5.91 Å². The van der Waals surface area contributed by atoms with Gasteiger partial charge in [-0.15, -0.1) is 0 Å². The number of hydrogen-bond donors (Lipinski definition) is 1. The molecule has 172 valence electrons. The molecule has 1 aliphatic heterocycles. The van der Waals surface area contributed by atoms with Crippen molar-refractivity contribution in [3.63, 3.8) is 0 Å². The van der Waals surface area contributed by atoms with Crippen molar-refractivity contribution in [1.29, 1.82) is 0 Å². The van der Waals surface area contributed by atoms with Gasteiger partial charge in [0, 0.05) is 48.9 Å². The third kappa shape index (κ3) is 3.96. The average molecular weight is 458 g/mol. The number of hydrogen-bond acceptors (Lipinski definition) is 6. The van der Waals surface area contributed by atoms with Gasteiger partial charge in [0.2, 0.25) is 11.9 Å². The van der Waals surface area contributed by atoms with E-state index in [4.69, 9.17) is 15.7 Å². The van der Waals surface area contributed by atoms with E-state index in [9.17, 15) is 14.0 Å². The van der Waals surface area contributed by atoms with Crippen LogP contribution < -0.4 is 21.1 Å². The van der Waals surface area contributed by atoms with Crippen molar-refractivity contribution in [3.05, 3.63) is 88.1 Å². The zero-order valence-electron chi connectivity index (χ0n) is 18.6. The van der Waals surface area contributed by atoms with Crippen LogP contribution >= 0.6 is 0 Å². The van der Waals surface area contributed by atoms with E-state index in [1.807, 2.05) is 6.92 Å². The maximum absolute atomic E-state index is 13.3. The highest BCUT2D eigenvalue weighted by atomic mass is 19.1. The molecule has 2 N–H and O–H groups in total. The molecular weight excluding hydrogens is 435 g/mol. The highest BCUT2D eigenvalue weighted by Gasteiger charge is 2.21. The van der Waals surface area contributed by atoms with Crippen LogP contribution in [0.5, 0.6) is 0 Å². The Labute approximate surface area is 195 Å². The van der Waals surface area contributed by atoms with Crippen molar-refractivity contribution in [3.8, 4) is 5.69 Å². The normalized spacial score (nSPS) is 13.9. The minimum atomic E-state index is -0.531. The lowest BCUT2D eigenvalue weighted by Crippen LogP contribution is -2.47. The first-order valence-electron chi connectivity index (χ1n) is 11.0. The van der Waals surface area contributed by atoms with Gasteiger partial charge in [0.25, 0.3) is 5.56 Å². The van der Waals surface area contributed by atoms with Crippen LogP contribution in [0.25, 0.3) is 16.7 Å². The SMILES string of the molecule is Cc1nc(N2CCN(c3ccc(F)cc3)CC2)nc2c1ccc(=O)n2-c1ccc(C(N)=O)cc1. The predicted molar refractivity (Wildman–Crippen MR) is 129 cm³/mol. The largest absolute Gasteiger partial charge is 0.368 e. The molecule has 1 saturated heterocycles. The summed E-state index contributed by atoms with van der Waals surface area (Å²) >= 11 is 0. The van der Waals surface area contributed by atoms with E-state index in [0.29, 0.717) is 35.9 Å². The smallest absolute Gasteiger partial charge is 0.256 e. The molecule has 0 bridgehead atoms. The first-order chi connectivity index (χ1) is 16.4. The van der Waals surface area contributed by atoms with Crippen LogP contribution in [0.3, 0.4) is 0 Å². The second-order valence-corrected chi connectivity index (χ2v) is 8.21. The van der Waals surface area contributed by atoms with Gasteiger partial charge in [0.1, 0.15) is 5.82 Å². The number of pyridine rings is 1. The van der Waals surface area contributed by atoms with E-state index in [-0.39, 0.29) is 11.4 Å². The molecule has 0 saturated carbocycles. The lowest BCUT2D eigenvalue weighted by molar-refractivity contribution is 0.100. The van der Waals surface area contributed by atoms with Crippen LogP contribution in [-0.2, 0) is 0 Å². The van der Waals surface area contributed by atoms with Crippen molar-refractivity contribution < 1.29 is 9.18 Å². The Hall–Kier alpha value is -4.27. The fourth-order valence-electron chi connectivity index (χ4n) is 4.23. The fourth-order valence-corrected chi connectivity index (χ4v) is 4.23. The van der Waals surface area contributed by atoms with Crippen molar-refractivity contribution >= 4 is 28.6 Å². The Kier molecular flexibility index (Phi) is 5.45. The summed E-state index contributed by atoms with van der Waals surface area (Å²) in [6.45, 7) is 4.75. The van der Waals surface area contributed by atoms with E-state index in [2.05, 4.69) is 9.80 Å². The van der Waals surface area contributed by atoms with Gasteiger partial charge in [-0.1, -0.05) is 0 Å². The lowest BCUT2D eigenvalue weighted by Gasteiger charge is -2.36. The van der Waals surface area contributed by atoms with E-state index in [0.717, 1.165) is 29.9 Å². The minimum absolute atomic E-state index is 0.232. The number of amides is 1. The molecular formula is C25H23FN6O2. The van der Waals surface area contributed by atoms with Gasteiger partial charge in [0.15, 0.2) is 5.65 Å². The Morgan fingerprint density at radius 2 is 1.47 bits per heavy atom. The molecule has 5 rings (SSSR count). The number of primary amides is 1. The highest BCUT2D eigenvalue weighted by molar-refractivity contribution is 5.93. The molecule has 0 radical (unpaired) electrons. The summed E-state index contributed by atoms with van der Waals surface area (Å²) in [4.78, 5) is 38.0. The summed E-state index contributed by atoms with van der Waals surface area (Å²) < 4.78 is 14.8. The Bertz CT molecular complexity index is 1430. The molecule has 1 amide bonds. The Balaban J connectivity index is 1.49. The molecule has 1 fully saturated rings. The molecule has 0 spiro atoms. The number of carbonyl (C=O) groups is 1. The van der Waals surface area contributed by atoms with Gasteiger partial charge >= 0.3 is 0 Å². The monoisotopic (exact) mass is 458 g/mol. The van der Waals surface area contributed by atoms with E-state index in [1.54, 1.807) is 42.5 Å². The van der Waals surface area contributed by atoms with E-state index >= 15 is 0 Å². The molecule has 2 aromatic carbocycles. The number of nitrogens with two attached hydrogens (primary N) is 1.